The molecule has 1 N–H and O–H groups in total. The van der Waals surface area contributed by atoms with Crippen molar-refractivity contribution in [3.8, 4) is 11.1 Å². The summed E-state index contributed by atoms with van der Waals surface area (Å²) in [4.78, 5) is 0. The largest absolute Gasteiger partial charge is 0.310 e. The molecule has 0 saturated heterocycles. The summed E-state index contributed by atoms with van der Waals surface area (Å²) in [5.74, 6) is 0.0628. The molecule has 1 aromatic heterocycles. The SMILES string of the molecule is CCNC(C)c1ccc(F)c(-c2cn(C)nc2C(C)C)c1. The van der Waals surface area contributed by atoms with Crippen molar-refractivity contribution < 1.29 is 4.39 Å². The van der Waals surface area contributed by atoms with Gasteiger partial charge >= 0.3 is 0 Å². The second-order valence-corrected chi connectivity index (χ2v) is 5.78. The summed E-state index contributed by atoms with van der Waals surface area (Å²) >= 11 is 0. The van der Waals surface area contributed by atoms with E-state index in [0.29, 0.717) is 5.56 Å². The zero-order chi connectivity index (χ0) is 15.6. The molecule has 0 fully saturated rings. The number of aromatic nitrogens is 2. The molecule has 0 aliphatic carbocycles. The fourth-order valence-corrected chi connectivity index (χ4v) is 2.58. The summed E-state index contributed by atoms with van der Waals surface area (Å²) in [5.41, 5.74) is 3.54. The number of aryl methyl sites for hydroxylation is 1. The summed E-state index contributed by atoms with van der Waals surface area (Å²) in [7, 11) is 1.87. The summed E-state index contributed by atoms with van der Waals surface area (Å²) in [6.07, 6.45) is 1.90. The molecule has 21 heavy (non-hydrogen) atoms. The van der Waals surface area contributed by atoms with Crippen molar-refractivity contribution in [2.45, 2.75) is 39.7 Å². The molecule has 0 spiro atoms. The van der Waals surface area contributed by atoms with Crippen molar-refractivity contribution in [3.63, 3.8) is 0 Å². The summed E-state index contributed by atoms with van der Waals surface area (Å²) in [5, 5.41) is 7.83. The topological polar surface area (TPSA) is 29.9 Å². The molecule has 2 rings (SSSR count). The van der Waals surface area contributed by atoms with Gasteiger partial charge in [0.05, 0.1) is 5.69 Å². The van der Waals surface area contributed by atoms with E-state index in [1.165, 1.54) is 0 Å². The van der Waals surface area contributed by atoms with Gasteiger partial charge in [-0.1, -0.05) is 26.8 Å². The molecule has 2 aromatic rings. The highest BCUT2D eigenvalue weighted by Gasteiger charge is 2.17. The van der Waals surface area contributed by atoms with Crippen LogP contribution >= 0.6 is 0 Å². The molecule has 3 nitrogen and oxygen atoms in total. The van der Waals surface area contributed by atoms with Gasteiger partial charge in [0.25, 0.3) is 0 Å². The normalized spacial score (nSPS) is 12.9. The van der Waals surface area contributed by atoms with Gasteiger partial charge in [-0.25, -0.2) is 4.39 Å². The monoisotopic (exact) mass is 289 g/mol. The maximum absolute atomic E-state index is 14.3. The van der Waals surface area contributed by atoms with Crippen LogP contribution in [-0.2, 0) is 7.05 Å². The minimum absolute atomic E-state index is 0.197. The average molecular weight is 289 g/mol. The van der Waals surface area contributed by atoms with Crippen LogP contribution in [0.15, 0.2) is 24.4 Å². The van der Waals surface area contributed by atoms with E-state index in [-0.39, 0.29) is 17.8 Å². The first-order chi connectivity index (χ1) is 9.93. The lowest BCUT2D eigenvalue weighted by atomic mass is 9.96. The number of nitrogens with zero attached hydrogens (tertiary/aromatic N) is 2. The van der Waals surface area contributed by atoms with Crippen molar-refractivity contribution in [2.75, 3.05) is 6.54 Å². The third kappa shape index (κ3) is 3.32. The second kappa shape index (κ2) is 6.39. The molecule has 0 aliphatic heterocycles. The number of hydrogen-bond acceptors (Lipinski definition) is 2. The molecule has 1 unspecified atom stereocenters. The van der Waals surface area contributed by atoms with Crippen molar-refractivity contribution in [1.82, 2.24) is 15.1 Å². The molecule has 114 valence electrons. The van der Waals surface area contributed by atoms with Gasteiger partial charge < -0.3 is 5.32 Å². The highest BCUT2D eigenvalue weighted by Crippen LogP contribution is 2.31. The van der Waals surface area contributed by atoms with Crippen LogP contribution in [0.4, 0.5) is 4.39 Å². The van der Waals surface area contributed by atoms with E-state index in [4.69, 9.17) is 0 Å². The van der Waals surface area contributed by atoms with Gasteiger partial charge in [0.15, 0.2) is 0 Å². The van der Waals surface area contributed by atoms with Crippen LogP contribution in [0.25, 0.3) is 11.1 Å². The Hall–Kier alpha value is -1.68. The third-order valence-corrected chi connectivity index (χ3v) is 3.70. The predicted octanol–water partition coefficient (Wildman–Crippen LogP) is 4.02. The van der Waals surface area contributed by atoms with Crippen LogP contribution in [0.5, 0.6) is 0 Å². The van der Waals surface area contributed by atoms with Crippen LogP contribution in [0.2, 0.25) is 0 Å². The molecular formula is C17H24FN3. The molecule has 0 radical (unpaired) electrons. The number of rotatable bonds is 5. The summed E-state index contributed by atoms with van der Waals surface area (Å²) in [6.45, 7) is 9.20. The molecule has 0 aliphatic rings. The molecule has 1 aromatic carbocycles. The van der Waals surface area contributed by atoms with Crippen molar-refractivity contribution in [2.24, 2.45) is 7.05 Å². The van der Waals surface area contributed by atoms with Gasteiger partial charge in [0, 0.05) is 30.4 Å². The predicted molar refractivity (Wildman–Crippen MR) is 84.8 cm³/mol. The maximum atomic E-state index is 14.3. The minimum Gasteiger partial charge on any atom is -0.310 e. The molecule has 0 saturated carbocycles. The van der Waals surface area contributed by atoms with Gasteiger partial charge in [0.2, 0.25) is 0 Å². The lowest BCUT2D eigenvalue weighted by Crippen LogP contribution is -2.17. The zero-order valence-corrected chi connectivity index (χ0v) is 13.4. The van der Waals surface area contributed by atoms with Crippen LogP contribution in [0.1, 0.15) is 50.9 Å². The average Bonchev–Trinajstić information content (AvgIpc) is 2.81. The Balaban J connectivity index is 2.51. The van der Waals surface area contributed by atoms with Gasteiger partial charge in [-0.15, -0.1) is 0 Å². The van der Waals surface area contributed by atoms with Crippen LogP contribution < -0.4 is 5.32 Å². The number of nitrogens with one attached hydrogen (secondary N) is 1. The summed E-state index contributed by atoms with van der Waals surface area (Å²) in [6, 6.07) is 5.53. The quantitative estimate of drug-likeness (QED) is 0.901. The van der Waals surface area contributed by atoms with Gasteiger partial charge in [0.1, 0.15) is 5.82 Å². The maximum Gasteiger partial charge on any atom is 0.131 e. The highest BCUT2D eigenvalue weighted by atomic mass is 19.1. The molecule has 0 amide bonds. The van der Waals surface area contributed by atoms with Crippen molar-refractivity contribution in [1.29, 1.82) is 0 Å². The van der Waals surface area contributed by atoms with E-state index < -0.39 is 0 Å². The molecule has 1 heterocycles. The lowest BCUT2D eigenvalue weighted by molar-refractivity contribution is 0.592. The Morgan fingerprint density at radius 2 is 1.95 bits per heavy atom. The van der Waals surface area contributed by atoms with Gasteiger partial charge in [-0.05, 0) is 37.1 Å². The minimum atomic E-state index is -0.197. The Morgan fingerprint density at radius 3 is 2.57 bits per heavy atom. The Kier molecular flexibility index (Phi) is 4.78. The first-order valence-electron chi connectivity index (χ1n) is 7.50. The van der Waals surface area contributed by atoms with Crippen molar-refractivity contribution in [3.05, 3.63) is 41.5 Å². The Labute approximate surface area is 126 Å². The van der Waals surface area contributed by atoms with Crippen LogP contribution in [0.3, 0.4) is 0 Å². The summed E-state index contributed by atoms with van der Waals surface area (Å²) < 4.78 is 16.1. The molecular weight excluding hydrogens is 265 g/mol. The van der Waals surface area contributed by atoms with E-state index in [1.807, 2.05) is 25.4 Å². The van der Waals surface area contributed by atoms with Crippen LogP contribution in [-0.4, -0.2) is 16.3 Å². The standard InChI is InChI=1S/C17H24FN3/c1-6-19-12(4)13-7-8-16(18)14(9-13)15-10-21(5)20-17(15)11(2)3/h7-12,19H,6H2,1-5H3. The van der Waals surface area contributed by atoms with Crippen molar-refractivity contribution >= 4 is 0 Å². The molecule has 0 bridgehead atoms. The van der Waals surface area contributed by atoms with E-state index >= 15 is 0 Å². The van der Waals surface area contributed by atoms with E-state index in [2.05, 4.69) is 38.1 Å². The Morgan fingerprint density at radius 1 is 1.24 bits per heavy atom. The zero-order valence-electron chi connectivity index (χ0n) is 13.4. The first-order valence-corrected chi connectivity index (χ1v) is 7.50. The number of benzene rings is 1. The van der Waals surface area contributed by atoms with E-state index in [0.717, 1.165) is 23.4 Å². The fourth-order valence-electron chi connectivity index (χ4n) is 2.58. The molecule has 4 heteroatoms. The fraction of sp³-hybridized carbons (Fsp3) is 0.471. The Bertz CT molecular complexity index is 616. The smallest absolute Gasteiger partial charge is 0.131 e. The first kappa shape index (κ1) is 15.7. The number of hydrogen-bond donors (Lipinski definition) is 1. The van der Waals surface area contributed by atoms with E-state index in [9.17, 15) is 4.39 Å². The highest BCUT2D eigenvalue weighted by molar-refractivity contribution is 5.67. The van der Waals surface area contributed by atoms with E-state index in [1.54, 1.807) is 10.7 Å². The van der Waals surface area contributed by atoms with Gasteiger partial charge in [-0.2, -0.15) is 5.10 Å². The number of halogens is 1. The van der Waals surface area contributed by atoms with Gasteiger partial charge in [-0.3, -0.25) is 4.68 Å². The molecule has 1 atom stereocenters. The third-order valence-electron chi connectivity index (χ3n) is 3.70. The second-order valence-electron chi connectivity index (χ2n) is 5.78. The van der Waals surface area contributed by atoms with Crippen LogP contribution in [0, 0.1) is 5.82 Å². The lowest BCUT2D eigenvalue weighted by Gasteiger charge is -2.15.